The Morgan fingerprint density at radius 1 is 1.35 bits per heavy atom. The van der Waals surface area contributed by atoms with E-state index in [0.29, 0.717) is 10.6 Å². The predicted octanol–water partition coefficient (Wildman–Crippen LogP) is 0.963. The standard InChI is InChI=1S/C9H8BrN7/c1-5-4-6-7(12-2-3-16(6)14-5)17-8(10)13-9(11)15-17/h2-4H,1H3,(H2,11,15). The molecule has 3 aromatic heterocycles. The molecular weight excluding hydrogens is 286 g/mol. The summed E-state index contributed by atoms with van der Waals surface area (Å²) in [5.74, 6) is 0.820. The molecule has 0 aliphatic heterocycles. The Labute approximate surface area is 104 Å². The molecule has 3 rings (SSSR count). The predicted molar refractivity (Wildman–Crippen MR) is 64.8 cm³/mol. The molecule has 0 unspecified atom stereocenters. The van der Waals surface area contributed by atoms with Gasteiger partial charge in [-0.1, -0.05) is 0 Å². The zero-order valence-electron chi connectivity index (χ0n) is 8.87. The Morgan fingerprint density at radius 3 is 2.88 bits per heavy atom. The lowest BCUT2D eigenvalue weighted by atomic mass is 10.4. The van der Waals surface area contributed by atoms with Gasteiger partial charge in [0.1, 0.15) is 5.52 Å². The fourth-order valence-electron chi connectivity index (χ4n) is 1.64. The lowest BCUT2D eigenvalue weighted by molar-refractivity contribution is 0.815. The monoisotopic (exact) mass is 293 g/mol. The van der Waals surface area contributed by atoms with Gasteiger partial charge in [-0.05, 0) is 28.9 Å². The molecule has 0 fully saturated rings. The Bertz CT molecular complexity index is 699. The van der Waals surface area contributed by atoms with Crippen LogP contribution in [0.4, 0.5) is 5.95 Å². The van der Waals surface area contributed by atoms with E-state index in [1.54, 1.807) is 16.9 Å². The van der Waals surface area contributed by atoms with Crippen LogP contribution in [0.5, 0.6) is 0 Å². The molecule has 17 heavy (non-hydrogen) atoms. The van der Waals surface area contributed by atoms with Gasteiger partial charge in [0.25, 0.3) is 0 Å². The lowest BCUT2D eigenvalue weighted by Gasteiger charge is -2.02. The van der Waals surface area contributed by atoms with E-state index in [0.717, 1.165) is 11.2 Å². The number of hydrogen-bond donors (Lipinski definition) is 1. The number of nitrogen functional groups attached to an aromatic ring is 1. The van der Waals surface area contributed by atoms with Crippen molar-refractivity contribution >= 4 is 27.4 Å². The molecule has 0 saturated heterocycles. The van der Waals surface area contributed by atoms with Gasteiger partial charge in [0.15, 0.2) is 5.82 Å². The van der Waals surface area contributed by atoms with Gasteiger partial charge < -0.3 is 5.73 Å². The second kappa shape index (κ2) is 3.52. The Balaban J connectivity index is 2.33. The molecule has 0 aliphatic rings. The largest absolute Gasteiger partial charge is 0.366 e. The number of aryl methyl sites for hydroxylation is 1. The zero-order valence-corrected chi connectivity index (χ0v) is 10.5. The van der Waals surface area contributed by atoms with Gasteiger partial charge in [-0.25, -0.2) is 9.50 Å². The summed E-state index contributed by atoms with van der Waals surface area (Å²) >= 11 is 3.29. The van der Waals surface area contributed by atoms with Crippen molar-refractivity contribution in [3.8, 4) is 5.82 Å². The Hall–Kier alpha value is -1.96. The van der Waals surface area contributed by atoms with E-state index < -0.39 is 0 Å². The average molecular weight is 294 g/mol. The third-order valence-electron chi connectivity index (χ3n) is 2.28. The van der Waals surface area contributed by atoms with Gasteiger partial charge >= 0.3 is 0 Å². The van der Waals surface area contributed by atoms with Crippen LogP contribution in [-0.4, -0.2) is 29.4 Å². The molecule has 0 bridgehead atoms. The van der Waals surface area contributed by atoms with Crippen LogP contribution in [0.1, 0.15) is 5.69 Å². The van der Waals surface area contributed by atoms with Crippen LogP contribution in [0.2, 0.25) is 0 Å². The molecule has 3 heterocycles. The summed E-state index contributed by atoms with van der Waals surface area (Å²) in [5.41, 5.74) is 7.29. The van der Waals surface area contributed by atoms with Crippen molar-refractivity contribution in [1.29, 1.82) is 0 Å². The number of rotatable bonds is 1. The highest BCUT2D eigenvalue weighted by atomic mass is 79.9. The van der Waals surface area contributed by atoms with E-state index in [2.05, 4.69) is 36.1 Å². The first kappa shape index (κ1) is 10.2. The van der Waals surface area contributed by atoms with E-state index in [1.807, 2.05) is 13.0 Å². The van der Waals surface area contributed by atoms with Crippen LogP contribution in [-0.2, 0) is 0 Å². The second-order valence-electron chi connectivity index (χ2n) is 3.52. The van der Waals surface area contributed by atoms with Gasteiger partial charge in [-0.15, -0.1) is 5.10 Å². The van der Waals surface area contributed by atoms with E-state index in [9.17, 15) is 0 Å². The fraction of sp³-hybridized carbons (Fsp3) is 0.111. The smallest absolute Gasteiger partial charge is 0.240 e. The van der Waals surface area contributed by atoms with Gasteiger partial charge in [0, 0.05) is 12.4 Å². The molecule has 3 aromatic rings. The van der Waals surface area contributed by atoms with Gasteiger partial charge in [-0.3, -0.25) is 0 Å². The molecule has 0 saturated carbocycles. The van der Waals surface area contributed by atoms with Gasteiger partial charge in [0.05, 0.1) is 5.69 Å². The summed E-state index contributed by atoms with van der Waals surface area (Å²) in [6, 6.07) is 1.92. The zero-order chi connectivity index (χ0) is 12.0. The molecule has 7 nitrogen and oxygen atoms in total. The van der Waals surface area contributed by atoms with Crippen molar-refractivity contribution in [3.63, 3.8) is 0 Å². The topological polar surface area (TPSA) is 86.9 Å². The van der Waals surface area contributed by atoms with E-state index in [4.69, 9.17) is 5.73 Å². The van der Waals surface area contributed by atoms with Crippen LogP contribution < -0.4 is 5.73 Å². The molecule has 0 spiro atoms. The summed E-state index contributed by atoms with van der Waals surface area (Å²) in [6.07, 6.45) is 3.43. The first-order valence-corrected chi connectivity index (χ1v) is 5.64. The first-order valence-electron chi connectivity index (χ1n) is 4.84. The molecule has 0 aliphatic carbocycles. The molecule has 0 aromatic carbocycles. The quantitative estimate of drug-likeness (QED) is 0.722. The number of anilines is 1. The molecule has 0 atom stereocenters. The Morgan fingerprint density at radius 2 is 2.18 bits per heavy atom. The van der Waals surface area contributed by atoms with E-state index in [-0.39, 0.29) is 5.95 Å². The average Bonchev–Trinajstić information content (AvgIpc) is 2.79. The SMILES string of the molecule is Cc1cc2c(-n3nc(N)nc3Br)nccn2n1. The molecule has 86 valence electrons. The minimum atomic E-state index is 0.192. The van der Waals surface area contributed by atoms with Gasteiger partial charge in [0.2, 0.25) is 10.7 Å². The van der Waals surface area contributed by atoms with Crippen molar-refractivity contribution < 1.29 is 0 Å². The number of hydrogen-bond acceptors (Lipinski definition) is 5. The molecule has 2 N–H and O–H groups in total. The van der Waals surface area contributed by atoms with Crippen LogP contribution in [0.3, 0.4) is 0 Å². The van der Waals surface area contributed by atoms with Crippen LogP contribution in [0, 0.1) is 6.92 Å². The molecule has 0 radical (unpaired) electrons. The van der Waals surface area contributed by atoms with E-state index >= 15 is 0 Å². The number of nitrogens with zero attached hydrogens (tertiary/aromatic N) is 6. The number of halogens is 1. The summed E-state index contributed by atoms with van der Waals surface area (Å²) in [4.78, 5) is 8.26. The highest BCUT2D eigenvalue weighted by molar-refractivity contribution is 9.10. The summed E-state index contributed by atoms with van der Waals surface area (Å²) in [6.45, 7) is 1.92. The van der Waals surface area contributed by atoms with Crippen molar-refractivity contribution in [2.24, 2.45) is 0 Å². The minimum absolute atomic E-state index is 0.192. The van der Waals surface area contributed by atoms with Crippen molar-refractivity contribution in [2.45, 2.75) is 6.92 Å². The van der Waals surface area contributed by atoms with Crippen molar-refractivity contribution in [1.82, 2.24) is 29.4 Å². The summed E-state index contributed by atoms with van der Waals surface area (Å²) < 4.78 is 3.78. The highest BCUT2D eigenvalue weighted by Crippen LogP contribution is 2.18. The minimum Gasteiger partial charge on any atom is -0.366 e. The van der Waals surface area contributed by atoms with Gasteiger partial charge in [-0.2, -0.15) is 14.8 Å². The fourth-order valence-corrected chi connectivity index (χ4v) is 2.07. The van der Waals surface area contributed by atoms with Crippen molar-refractivity contribution in [3.05, 3.63) is 28.9 Å². The summed E-state index contributed by atoms with van der Waals surface area (Å²) in [5, 5.41) is 8.38. The Kier molecular flexibility index (Phi) is 2.11. The maximum atomic E-state index is 5.54. The van der Waals surface area contributed by atoms with Crippen LogP contribution in [0.25, 0.3) is 11.3 Å². The molecule has 0 amide bonds. The second-order valence-corrected chi connectivity index (χ2v) is 4.23. The summed E-state index contributed by atoms with van der Waals surface area (Å²) in [7, 11) is 0. The maximum absolute atomic E-state index is 5.54. The number of aromatic nitrogens is 6. The normalized spacial score (nSPS) is 11.2. The third kappa shape index (κ3) is 1.57. The van der Waals surface area contributed by atoms with E-state index in [1.165, 1.54) is 4.68 Å². The molecule has 8 heteroatoms. The van der Waals surface area contributed by atoms with Crippen LogP contribution in [0.15, 0.2) is 23.2 Å². The van der Waals surface area contributed by atoms with Crippen LogP contribution >= 0.6 is 15.9 Å². The lowest BCUT2D eigenvalue weighted by Crippen LogP contribution is -2.03. The molecular formula is C9H8BrN7. The third-order valence-corrected chi connectivity index (χ3v) is 2.79. The van der Waals surface area contributed by atoms with Crippen molar-refractivity contribution in [2.75, 3.05) is 5.73 Å². The highest BCUT2D eigenvalue weighted by Gasteiger charge is 2.12. The first-order chi connectivity index (χ1) is 8.15. The number of nitrogens with two attached hydrogens (primary N) is 1. The maximum Gasteiger partial charge on any atom is 0.240 e. The number of fused-ring (bicyclic) bond motifs is 1.